The molecule has 2 aromatic rings. The molecule has 0 spiro atoms. The average molecular weight is 200 g/mol. The minimum absolute atomic E-state index is 0.547. The summed E-state index contributed by atoms with van der Waals surface area (Å²) in [6.45, 7) is 0.547. The van der Waals surface area contributed by atoms with Gasteiger partial charge in [0, 0.05) is 12.1 Å². The average Bonchev–Trinajstić information content (AvgIpc) is 2.85. The van der Waals surface area contributed by atoms with Crippen molar-refractivity contribution in [2.45, 2.75) is 6.54 Å². The lowest BCUT2D eigenvalue weighted by Gasteiger charge is -1.98. The number of hydrogen-bond acceptors (Lipinski definition) is 3. The fourth-order valence-corrected chi connectivity index (χ4v) is 1.21. The second kappa shape index (κ2) is 5.63. The van der Waals surface area contributed by atoms with Gasteiger partial charge in [0.2, 0.25) is 0 Å². The monoisotopic (exact) mass is 200 g/mol. The molecule has 0 atom stereocenters. The van der Waals surface area contributed by atoms with E-state index in [1.54, 1.807) is 6.26 Å². The van der Waals surface area contributed by atoms with Crippen LogP contribution in [0.3, 0.4) is 0 Å². The molecule has 0 amide bonds. The summed E-state index contributed by atoms with van der Waals surface area (Å²) in [4.78, 5) is 4.05. The molecule has 0 radical (unpaired) electrons. The van der Waals surface area contributed by atoms with Crippen LogP contribution in [0.2, 0.25) is 0 Å². The van der Waals surface area contributed by atoms with Gasteiger partial charge < -0.3 is 10.2 Å². The van der Waals surface area contributed by atoms with Gasteiger partial charge in [0.05, 0.1) is 0 Å². The van der Waals surface area contributed by atoms with Crippen LogP contribution < -0.4 is 5.73 Å². The highest BCUT2D eigenvalue weighted by Crippen LogP contribution is 2.17. The lowest BCUT2D eigenvalue weighted by Crippen LogP contribution is -1.95. The van der Waals surface area contributed by atoms with Gasteiger partial charge in [-0.15, -0.1) is 12.8 Å². The smallest absolute Gasteiger partial charge is 0.181 e. The zero-order valence-electron chi connectivity index (χ0n) is 8.26. The van der Waals surface area contributed by atoms with E-state index in [1.807, 2.05) is 24.3 Å². The van der Waals surface area contributed by atoms with Crippen molar-refractivity contribution in [2.75, 3.05) is 0 Å². The molecular weight excluding hydrogens is 188 g/mol. The minimum Gasteiger partial charge on any atom is -0.451 e. The molecule has 3 heteroatoms. The van der Waals surface area contributed by atoms with Crippen molar-refractivity contribution in [2.24, 2.45) is 5.73 Å². The van der Waals surface area contributed by atoms with Crippen LogP contribution in [0.1, 0.15) is 5.56 Å². The molecule has 3 nitrogen and oxygen atoms in total. The van der Waals surface area contributed by atoms with Crippen molar-refractivity contribution in [3.8, 4) is 24.1 Å². The van der Waals surface area contributed by atoms with Crippen molar-refractivity contribution in [1.82, 2.24) is 4.98 Å². The number of rotatable bonds is 2. The van der Waals surface area contributed by atoms with Gasteiger partial charge in [-0.25, -0.2) is 4.98 Å². The molecule has 76 valence electrons. The van der Waals surface area contributed by atoms with Gasteiger partial charge in [-0.2, -0.15) is 0 Å². The van der Waals surface area contributed by atoms with E-state index in [0.29, 0.717) is 6.54 Å². The second-order valence-electron chi connectivity index (χ2n) is 2.78. The highest BCUT2D eigenvalue weighted by atomic mass is 16.3. The van der Waals surface area contributed by atoms with Gasteiger partial charge in [0.1, 0.15) is 12.0 Å². The number of terminal acetylenes is 1. The number of aromatic nitrogens is 1. The zero-order chi connectivity index (χ0) is 11.1. The molecule has 1 aromatic carbocycles. The molecule has 0 saturated carbocycles. The van der Waals surface area contributed by atoms with Crippen LogP contribution in [0.15, 0.2) is 41.3 Å². The topological polar surface area (TPSA) is 52.0 Å². The van der Waals surface area contributed by atoms with E-state index in [0.717, 1.165) is 16.8 Å². The van der Waals surface area contributed by atoms with Crippen molar-refractivity contribution in [3.63, 3.8) is 0 Å². The standard InChI is InChI=1S/C10H10N2O.C2H2/c11-5-8-2-1-3-9(4-8)10-6-13-7-12-10;1-2/h1-4,6-7H,5,11H2;1-2H. The lowest BCUT2D eigenvalue weighted by atomic mass is 10.1. The molecule has 0 bridgehead atoms. The van der Waals surface area contributed by atoms with Crippen LogP contribution in [0.4, 0.5) is 0 Å². The first kappa shape index (κ1) is 11.0. The molecule has 0 aliphatic carbocycles. The molecule has 15 heavy (non-hydrogen) atoms. The molecule has 1 heterocycles. The van der Waals surface area contributed by atoms with Gasteiger partial charge >= 0.3 is 0 Å². The normalized spacial score (nSPS) is 9.00. The van der Waals surface area contributed by atoms with Crippen molar-refractivity contribution in [1.29, 1.82) is 0 Å². The van der Waals surface area contributed by atoms with E-state index in [1.165, 1.54) is 6.39 Å². The Labute approximate surface area is 88.9 Å². The molecule has 0 saturated heterocycles. The van der Waals surface area contributed by atoms with Gasteiger partial charge in [-0.1, -0.05) is 18.2 Å². The van der Waals surface area contributed by atoms with E-state index >= 15 is 0 Å². The quantitative estimate of drug-likeness (QED) is 0.755. The predicted octanol–water partition coefficient (Wildman–Crippen LogP) is 2.05. The molecular formula is C12H12N2O. The number of nitrogens with two attached hydrogens (primary N) is 1. The Hall–Kier alpha value is -2.05. The maximum absolute atomic E-state index is 5.53. The van der Waals surface area contributed by atoms with Crippen molar-refractivity contribution in [3.05, 3.63) is 42.5 Å². The highest BCUT2D eigenvalue weighted by Gasteiger charge is 2.00. The Bertz CT molecular complexity index is 418. The third-order valence-corrected chi connectivity index (χ3v) is 1.89. The third kappa shape index (κ3) is 2.70. The van der Waals surface area contributed by atoms with Crippen LogP contribution in [0.5, 0.6) is 0 Å². The fourth-order valence-electron chi connectivity index (χ4n) is 1.21. The van der Waals surface area contributed by atoms with Gasteiger partial charge in [-0.3, -0.25) is 0 Å². The third-order valence-electron chi connectivity index (χ3n) is 1.89. The number of nitrogens with zero attached hydrogens (tertiary/aromatic N) is 1. The Morgan fingerprint density at radius 2 is 2.13 bits per heavy atom. The Kier molecular flexibility index (Phi) is 4.14. The number of benzene rings is 1. The maximum atomic E-state index is 5.53. The highest BCUT2D eigenvalue weighted by molar-refractivity contribution is 5.58. The molecule has 0 fully saturated rings. The van der Waals surface area contributed by atoms with E-state index < -0.39 is 0 Å². The molecule has 0 unspecified atom stereocenters. The Morgan fingerprint density at radius 1 is 1.33 bits per heavy atom. The zero-order valence-corrected chi connectivity index (χ0v) is 8.26. The summed E-state index contributed by atoms with van der Waals surface area (Å²) in [5.41, 5.74) is 8.51. The van der Waals surface area contributed by atoms with E-state index in [9.17, 15) is 0 Å². The molecule has 2 rings (SSSR count). The summed E-state index contributed by atoms with van der Waals surface area (Å²) in [5, 5.41) is 0. The van der Waals surface area contributed by atoms with E-state index in [2.05, 4.69) is 17.8 Å². The van der Waals surface area contributed by atoms with Crippen LogP contribution in [-0.4, -0.2) is 4.98 Å². The van der Waals surface area contributed by atoms with E-state index in [-0.39, 0.29) is 0 Å². The Morgan fingerprint density at radius 3 is 2.73 bits per heavy atom. The lowest BCUT2D eigenvalue weighted by molar-refractivity contribution is 0.558. The van der Waals surface area contributed by atoms with Gasteiger partial charge in [0.15, 0.2) is 6.39 Å². The fraction of sp³-hybridized carbons (Fsp3) is 0.0833. The molecule has 1 aromatic heterocycles. The summed E-state index contributed by atoms with van der Waals surface area (Å²) < 4.78 is 4.90. The SMILES string of the molecule is C#C.NCc1cccc(-c2cocn2)c1. The summed E-state index contributed by atoms with van der Waals surface area (Å²) in [6, 6.07) is 7.95. The summed E-state index contributed by atoms with van der Waals surface area (Å²) in [7, 11) is 0. The van der Waals surface area contributed by atoms with Crippen LogP contribution >= 0.6 is 0 Å². The van der Waals surface area contributed by atoms with Gasteiger partial charge in [0.25, 0.3) is 0 Å². The first-order chi connectivity index (χ1) is 7.40. The summed E-state index contributed by atoms with van der Waals surface area (Å²) >= 11 is 0. The molecule has 0 aliphatic heterocycles. The van der Waals surface area contributed by atoms with Crippen LogP contribution in [0, 0.1) is 12.8 Å². The Balaban J connectivity index is 0.000000531. The van der Waals surface area contributed by atoms with E-state index in [4.69, 9.17) is 10.2 Å². The predicted molar refractivity (Wildman–Crippen MR) is 59.7 cm³/mol. The largest absolute Gasteiger partial charge is 0.451 e. The van der Waals surface area contributed by atoms with Crippen molar-refractivity contribution >= 4 is 0 Å². The number of oxazole rings is 1. The second-order valence-corrected chi connectivity index (χ2v) is 2.78. The van der Waals surface area contributed by atoms with Gasteiger partial charge in [-0.05, 0) is 11.6 Å². The molecule has 2 N–H and O–H groups in total. The maximum Gasteiger partial charge on any atom is 0.181 e. The minimum atomic E-state index is 0.547. The number of hydrogen-bond donors (Lipinski definition) is 1. The molecule has 0 aliphatic rings. The van der Waals surface area contributed by atoms with Crippen LogP contribution in [0.25, 0.3) is 11.3 Å². The first-order valence-electron chi connectivity index (χ1n) is 4.41. The van der Waals surface area contributed by atoms with Crippen LogP contribution in [-0.2, 0) is 6.54 Å². The summed E-state index contributed by atoms with van der Waals surface area (Å²) in [5.74, 6) is 0. The van der Waals surface area contributed by atoms with Crippen molar-refractivity contribution < 1.29 is 4.42 Å². The first-order valence-corrected chi connectivity index (χ1v) is 4.41. The summed E-state index contributed by atoms with van der Waals surface area (Å²) in [6.07, 6.45) is 11.0.